The molecule has 4 aliphatic rings. The highest BCUT2D eigenvalue weighted by atomic mass is 35.5. The lowest BCUT2D eigenvalue weighted by molar-refractivity contribution is -0.241. The number of ether oxygens (including phenoxy) is 2. The smallest absolute Gasteiger partial charge is 0.340 e. The Kier molecular flexibility index (Phi) is 7.57. The van der Waals surface area contributed by atoms with Gasteiger partial charge in [-0.15, -0.1) is 11.6 Å². The maximum Gasteiger partial charge on any atom is 0.340 e. The third-order valence-corrected chi connectivity index (χ3v) is 7.99. The van der Waals surface area contributed by atoms with Gasteiger partial charge in [-0.2, -0.15) is 0 Å². The molecule has 0 aromatic heterocycles. The lowest BCUT2D eigenvalue weighted by Gasteiger charge is -2.55. The van der Waals surface area contributed by atoms with Crippen molar-refractivity contribution in [1.82, 2.24) is 10.2 Å². The molecule has 192 valence electrons. The van der Waals surface area contributed by atoms with E-state index < -0.39 is 41.3 Å². The number of alkyl halides is 1. The second kappa shape index (κ2) is 10.3. The monoisotopic (exact) mass is 508 g/mol. The van der Waals surface area contributed by atoms with Gasteiger partial charge in [0.15, 0.2) is 5.60 Å². The van der Waals surface area contributed by atoms with Crippen molar-refractivity contribution in [2.75, 3.05) is 12.4 Å². The molecule has 3 aliphatic heterocycles. The Morgan fingerprint density at radius 3 is 2.74 bits per heavy atom. The van der Waals surface area contributed by atoms with E-state index in [1.807, 2.05) is 12.2 Å². The molecule has 0 bridgehead atoms. The maximum absolute atomic E-state index is 12.9. The zero-order valence-electron chi connectivity index (χ0n) is 19.9. The molecule has 2 amide bonds. The van der Waals surface area contributed by atoms with Crippen molar-refractivity contribution in [1.29, 1.82) is 0 Å². The van der Waals surface area contributed by atoms with Crippen molar-refractivity contribution < 1.29 is 33.8 Å². The van der Waals surface area contributed by atoms with E-state index in [4.69, 9.17) is 21.1 Å². The summed E-state index contributed by atoms with van der Waals surface area (Å²) in [5, 5.41) is 12.6. The third kappa shape index (κ3) is 4.48. The van der Waals surface area contributed by atoms with Crippen molar-refractivity contribution in [3.05, 3.63) is 24.3 Å². The summed E-state index contributed by atoms with van der Waals surface area (Å²) in [5.74, 6) is -2.14. The number of carbonyl (C=O) groups is 4. The van der Waals surface area contributed by atoms with Gasteiger partial charge in [-0.05, 0) is 51.5 Å². The Morgan fingerprint density at radius 1 is 1.31 bits per heavy atom. The summed E-state index contributed by atoms with van der Waals surface area (Å²) in [6.07, 6.45) is 9.88. The Bertz CT molecular complexity index is 937. The van der Waals surface area contributed by atoms with Crippen LogP contribution in [0, 0.1) is 11.8 Å². The van der Waals surface area contributed by atoms with Gasteiger partial charge < -0.3 is 24.8 Å². The molecular weight excluding hydrogens is 476 g/mol. The average Bonchev–Trinajstić information content (AvgIpc) is 3.24. The molecule has 3 heterocycles. The van der Waals surface area contributed by atoms with E-state index in [2.05, 4.69) is 5.32 Å². The zero-order chi connectivity index (χ0) is 25.2. The molecule has 2 saturated heterocycles. The van der Waals surface area contributed by atoms with E-state index in [0.717, 1.165) is 19.3 Å². The molecule has 4 rings (SSSR count). The van der Waals surface area contributed by atoms with Gasteiger partial charge in [0.05, 0.1) is 5.92 Å². The molecule has 0 radical (unpaired) electrons. The van der Waals surface area contributed by atoms with Crippen molar-refractivity contribution in [2.45, 2.75) is 81.8 Å². The number of esters is 2. The second-order valence-electron chi connectivity index (χ2n) is 9.87. The molecule has 1 aliphatic carbocycles. The number of halogens is 1. The Hall–Kier alpha value is -2.39. The van der Waals surface area contributed by atoms with E-state index in [1.54, 1.807) is 6.92 Å². The van der Waals surface area contributed by atoms with E-state index in [9.17, 15) is 24.3 Å². The Balaban J connectivity index is 1.40. The van der Waals surface area contributed by atoms with E-state index in [0.29, 0.717) is 32.2 Å². The Labute approximate surface area is 209 Å². The van der Waals surface area contributed by atoms with Crippen LogP contribution in [0.4, 0.5) is 0 Å². The summed E-state index contributed by atoms with van der Waals surface area (Å²) >= 11 is 5.92. The highest BCUT2D eigenvalue weighted by molar-refractivity contribution is 6.18. The van der Waals surface area contributed by atoms with E-state index in [-0.39, 0.29) is 30.0 Å². The van der Waals surface area contributed by atoms with Crippen LogP contribution in [0.3, 0.4) is 0 Å². The number of nitrogens with zero attached hydrogens (tertiary/aromatic N) is 1. The number of nitrogens with one attached hydrogen (secondary N) is 1. The quantitative estimate of drug-likeness (QED) is 0.189. The van der Waals surface area contributed by atoms with Crippen molar-refractivity contribution in [3.63, 3.8) is 0 Å². The lowest BCUT2D eigenvalue weighted by Crippen LogP contribution is -2.80. The minimum atomic E-state index is -1.43. The molecule has 2 fully saturated rings. The van der Waals surface area contributed by atoms with E-state index >= 15 is 0 Å². The van der Waals surface area contributed by atoms with Gasteiger partial charge in [0, 0.05) is 30.8 Å². The summed E-state index contributed by atoms with van der Waals surface area (Å²) in [5.41, 5.74) is -2.56. The summed E-state index contributed by atoms with van der Waals surface area (Å²) in [4.78, 5) is 51.7. The fraction of sp³-hybridized carbons (Fsp3) is 0.680. The lowest BCUT2D eigenvalue weighted by atomic mass is 9.64. The third-order valence-electron chi connectivity index (χ3n) is 7.77. The zero-order valence-corrected chi connectivity index (χ0v) is 20.7. The average molecular weight is 509 g/mol. The number of fused-ring (bicyclic) bond motifs is 1. The van der Waals surface area contributed by atoms with E-state index in [1.165, 1.54) is 17.1 Å². The van der Waals surface area contributed by atoms with Gasteiger partial charge in [-0.25, -0.2) is 4.79 Å². The van der Waals surface area contributed by atoms with Crippen LogP contribution in [0.2, 0.25) is 0 Å². The van der Waals surface area contributed by atoms with Crippen molar-refractivity contribution in [2.24, 2.45) is 11.8 Å². The van der Waals surface area contributed by atoms with Crippen LogP contribution in [0.15, 0.2) is 24.3 Å². The number of hydrogen-bond acceptors (Lipinski definition) is 7. The molecule has 10 heteroatoms. The first-order valence-corrected chi connectivity index (χ1v) is 12.9. The Morgan fingerprint density at radius 2 is 2.11 bits per heavy atom. The number of rotatable bonds is 11. The number of unbranched alkanes of at least 4 members (excludes halogenated alkanes) is 2. The van der Waals surface area contributed by atoms with Crippen LogP contribution in [-0.2, 0) is 28.7 Å². The second-order valence-corrected chi connectivity index (χ2v) is 10.3. The summed E-state index contributed by atoms with van der Waals surface area (Å²) in [7, 11) is 0. The minimum Gasteiger partial charge on any atom is -0.458 e. The normalized spacial score (nSPS) is 34.3. The largest absolute Gasteiger partial charge is 0.458 e. The van der Waals surface area contributed by atoms with Crippen LogP contribution >= 0.6 is 11.6 Å². The topological polar surface area (TPSA) is 122 Å². The molecule has 3 unspecified atom stereocenters. The number of carbonyl (C=O) groups excluding carboxylic acids is 4. The molecular formula is C25H33ClN2O7. The van der Waals surface area contributed by atoms with Gasteiger partial charge >= 0.3 is 11.9 Å². The van der Waals surface area contributed by atoms with Crippen LogP contribution in [0.5, 0.6) is 0 Å². The molecule has 2 N–H and O–H groups in total. The predicted octanol–water partition coefficient (Wildman–Crippen LogP) is 1.96. The highest BCUT2D eigenvalue weighted by Gasteiger charge is 2.80. The molecule has 0 saturated carbocycles. The van der Waals surface area contributed by atoms with Crippen molar-refractivity contribution >= 4 is 35.4 Å². The number of amides is 2. The fourth-order valence-corrected chi connectivity index (χ4v) is 6.02. The van der Waals surface area contributed by atoms with Crippen LogP contribution in [0.1, 0.15) is 58.3 Å². The standard InChI is InChI=1S/C25H33ClN2O7/c1-24-17(13-14-26)22(32)27-25(24,23(33)35-24)21(16-8-4-2-5-9-16)34-20(31)10-6-3-7-15-28-18(29)11-12-19(28)30/h4,8,11-12,16-18,21,29H,2-3,5-7,9-10,13-15H2,1H3,(H,27,32)/t16?,17?,18?,21-,24-,25-/m0/s1. The van der Waals surface area contributed by atoms with Crippen molar-refractivity contribution in [3.8, 4) is 0 Å². The highest BCUT2D eigenvalue weighted by Crippen LogP contribution is 2.54. The van der Waals surface area contributed by atoms with Crippen LogP contribution < -0.4 is 5.32 Å². The number of allylic oxidation sites excluding steroid dienone is 1. The summed E-state index contributed by atoms with van der Waals surface area (Å²) in [6, 6.07) is 0. The van der Waals surface area contributed by atoms with Gasteiger partial charge in [-0.3, -0.25) is 14.4 Å². The SMILES string of the molecule is C[C@@]12OC(=O)[C@]1([C@@H](OC(=O)CCCCCN1C(=O)C=CC1O)C1C=CCCC1)NC(=O)C2CCCl. The molecule has 9 nitrogen and oxygen atoms in total. The molecule has 0 spiro atoms. The first kappa shape index (κ1) is 25.7. The van der Waals surface area contributed by atoms with Crippen LogP contribution in [0.25, 0.3) is 0 Å². The molecule has 0 aromatic carbocycles. The van der Waals surface area contributed by atoms with Gasteiger partial charge in [0.2, 0.25) is 17.4 Å². The molecule has 0 aromatic rings. The van der Waals surface area contributed by atoms with Gasteiger partial charge in [0.25, 0.3) is 0 Å². The minimum absolute atomic E-state index is 0.141. The molecule has 6 atom stereocenters. The fourth-order valence-electron chi connectivity index (χ4n) is 5.81. The summed E-state index contributed by atoms with van der Waals surface area (Å²) in [6.45, 7) is 2.12. The van der Waals surface area contributed by atoms with Gasteiger partial charge in [0.1, 0.15) is 12.3 Å². The van der Waals surface area contributed by atoms with Crippen LogP contribution in [-0.4, -0.2) is 69.7 Å². The number of hydrogen-bond donors (Lipinski definition) is 2. The number of aliphatic hydroxyl groups excluding tert-OH is 1. The predicted molar refractivity (Wildman–Crippen MR) is 126 cm³/mol. The first-order chi connectivity index (χ1) is 16.7. The maximum atomic E-state index is 12.9. The summed E-state index contributed by atoms with van der Waals surface area (Å²) < 4.78 is 11.5. The molecule has 35 heavy (non-hydrogen) atoms. The first-order valence-electron chi connectivity index (χ1n) is 12.4. The van der Waals surface area contributed by atoms with Gasteiger partial charge in [-0.1, -0.05) is 18.6 Å². The number of aliphatic hydroxyl groups is 1.